The van der Waals surface area contributed by atoms with Gasteiger partial charge in [0.2, 0.25) is 0 Å². The van der Waals surface area contributed by atoms with Gasteiger partial charge in [0.25, 0.3) is 0 Å². The van der Waals surface area contributed by atoms with Gasteiger partial charge < -0.3 is 19.7 Å². The molecule has 2 fully saturated rings. The molecule has 0 amide bonds. The lowest BCUT2D eigenvalue weighted by molar-refractivity contribution is -0.106. The van der Waals surface area contributed by atoms with Crippen LogP contribution < -0.4 is 0 Å². The summed E-state index contributed by atoms with van der Waals surface area (Å²) >= 11 is 0. The van der Waals surface area contributed by atoms with Crippen LogP contribution in [-0.2, 0) is 9.47 Å². The Morgan fingerprint density at radius 2 is 1.10 bits per heavy atom. The highest BCUT2D eigenvalue weighted by atomic mass is 16.5. The van der Waals surface area contributed by atoms with Crippen molar-refractivity contribution in [3.63, 3.8) is 0 Å². The molecule has 2 saturated carbocycles. The van der Waals surface area contributed by atoms with Gasteiger partial charge in [-0.1, -0.05) is 37.8 Å². The number of hydrogen-bond acceptors (Lipinski definition) is 4. The highest BCUT2D eigenvalue weighted by molar-refractivity contribution is 5.05. The van der Waals surface area contributed by atoms with Crippen molar-refractivity contribution in [2.75, 3.05) is 0 Å². The summed E-state index contributed by atoms with van der Waals surface area (Å²) in [4.78, 5) is 0. The molecule has 0 radical (unpaired) electrons. The smallest absolute Gasteiger partial charge is 0.0842 e. The first kappa shape index (κ1) is 15.5. The zero-order valence-corrected chi connectivity index (χ0v) is 12.7. The third-order valence-corrected chi connectivity index (χ3v) is 5.04. The minimum Gasteiger partial charge on any atom is -0.390 e. The second kappa shape index (κ2) is 7.23. The molecule has 4 nitrogen and oxygen atoms in total. The molecule has 0 aromatic rings. The lowest BCUT2D eigenvalue weighted by Gasteiger charge is -2.31. The van der Waals surface area contributed by atoms with E-state index in [2.05, 4.69) is 12.2 Å². The largest absolute Gasteiger partial charge is 0.390 e. The molecule has 0 aliphatic heterocycles. The first-order chi connectivity index (χ1) is 10.2. The van der Waals surface area contributed by atoms with Crippen LogP contribution in [0.15, 0.2) is 12.2 Å². The summed E-state index contributed by atoms with van der Waals surface area (Å²) in [5.74, 6) is 0. The predicted octanol–water partition coefficient (Wildman–Crippen LogP) is 2.32. The highest BCUT2D eigenvalue weighted by Crippen LogP contribution is 2.29. The van der Waals surface area contributed by atoms with Crippen molar-refractivity contribution in [2.45, 2.75) is 94.4 Å². The van der Waals surface area contributed by atoms with Gasteiger partial charge in [0.15, 0.2) is 0 Å². The van der Waals surface area contributed by atoms with Gasteiger partial charge in [0, 0.05) is 6.42 Å². The molecule has 0 heterocycles. The molecular formula is C17H28O4. The van der Waals surface area contributed by atoms with E-state index in [4.69, 9.17) is 9.47 Å². The van der Waals surface area contributed by atoms with Crippen molar-refractivity contribution in [1.29, 1.82) is 0 Å². The van der Waals surface area contributed by atoms with E-state index in [-0.39, 0.29) is 36.6 Å². The third-order valence-electron chi connectivity index (χ3n) is 5.04. The van der Waals surface area contributed by atoms with Crippen molar-refractivity contribution >= 4 is 0 Å². The summed E-state index contributed by atoms with van der Waals surface area (Å²) in [7, 11) is 0. The van der Waals surface area contributed by atoms with Gasteiger partial charge in [-0.05, 0) is 25.7 Å². The maximum absolute atomic E-state index is 9.98. The highest BCUT2D eigenvalue weighted by Gasteiger charge is 2.31. The molecule has 0 aromatic carbocycles. The summed E-state index contributed by atoms with van der Waals surface area (Å²) in [5, 5.41) is 20.0. The molecule has 120 valence electrons. The number of rotatable bonds is 4. The van der Waals surface area contributed by atoms with Crippen LogP contribution >= 0.6 is 0 Å². The maximum atomic E-state index is 9.98. The fraction of sp³-hybridized carbons (Fsp3) is 0.882. The van der Waals surface area contributed by atoms with Crippen LogP contribution in [0.3, 0.4) is 0 Å². The summed E-state index contributed by atoms with van der Waals surface area (Å²) in [6.45, 7) is 0. The van der Waals surface area contributed by atoms with Crippen molar-refractivity contribution in [3.8, 4) is 0 Å². The first-order valence-corrected chi connectivity index (χ1v) is 8.58. The van der Waals surface area contributed by atoms with Crippen LogP contribution in [0, 0.1) is 0 Å². The molecule has 0 saturated heterocycles. The number of aliphatic hydroxyl groups excluding tert-OH is 2. The molecule has 3 rings (SSSR count). The van der Waals surface area contributed by atoms with E-state index in [1.54, 1.807) is 0 Å². The lowest BCUT2D eigenvalue weighted by Crippen LogP contribution is -2.36. The van der Waals surface area contributed by atoms with Gasteiger partial charge in [0.05, 0.1) is 36.6 Å². The Morgan fingerprint density at radius 1 is 0.667 bits per heavy atom. The normalized spacial score (nSPS) is 44.1. The van der Waals surface area contributed by atoms with Crippen LogP contribution in [-0.4, -0.2) is 46.8 Å². The summed E-state index contributed by atoms with van der Waals surface area (Å²) in [5.41, 5.74) is 0. The molecule has 2 N–H and O–H groups in total. The van der Waals surface area contributed by atoms with E-state index in [9.17, 15) is 10.2 Å². The molecule has 0 bridgehead atoms. The Bertz CT molecular complexity index is 325. The fourth-order valence-electron chi connectivity index (χ4n) is 3.76. The lowest BCUT2D eigenvalue weighted by atomic mass is 9.94. The summed E-state index contributed by atoms with van der Waals surface area (Å²) < 4.78 is 12.1. The Hall–Kier alpha value is -0.420. The van der Waals surface area contributed by atoms with Crippen LogP contribution in [0.2, 0.25) is 0 Å². The third kappa shape index (κ3) is 4.07. The SMILES string of the molecule is OC1CCCCC1OC1C=CC(OC2CCCCC2O)C1. The second-order valence-electron chi connectivity index (χ2n) is 6.75. The molecule has 3 aliphatic rings. The van der Waals surface area contributed by atoms with E-state index in [1.807, 2.05) is 0 Å². The molecule has 6 unspecified atom stereocenters. The Morgan fingerprint density at radius 3 is 1.52 bits per heavy atom. The summed E-state index contributed by atoms with van der Waals surface area (Å²) in [6, 6.07) is 0. The fourth-order valence-corrected chi connectivity index (χ4v) is 3.76. The topological polar surface area (TPSA) is 58.9 Å². The monoisotopic (exact) mass is 296 g/mol. The van der Waals surface area contributed by atoms with E-state index in [1.165, 1.54) is 0 Å². The number of hydrogen-bond donors (Lipinski definition) is 2. The van der Waals surface area contributed by atoms with Crippen molar-refractivity contribution in [2.24, 2.45) is 0 Å². The van der Waals surface area contributed by atoms with Crippen molar-refractivity contribution < 1.29 is 19.7 Å². The Kier molecular flexibility index (Phi) is 5.33. The zero-order valence-electron chi connectivity index (χ0n) is 12.7. The maximum Gasteiger partial charge on any atom is 0.0842 e. The molecule has 0 spiro atoms. The van der Waals surface area contributed by atoms with Crippen LogP contribution in [0.5, 0.6) is 0 Å². The first-order valence-electron chi connectivity index (χ1n) is 8.58. The van der Waals surface area contributed by atoms with Crippen LogP contribution in [0.1, 0.15) is 57.8 Å². The van der Waals surface area contributed by atoms with Gasteiger partial charge >= 0.3 is 0 Å². The van der Waals surface area contributed by atoms with Gasteiger partial charge in [-0.15, -0.1) is 0 Å². The van der Waals surface area contributed by atoms with Gasteiger partial charge in [0.1, 0.15) is 0 Å². The van der Waals surface area contributed by atoms with Crippen LogP contribution in [0.25, 0.3) is 0 Å². The number of ether oxygens (including phenoxy) is 2. The molecule has 6 atom stereocenters. The molecule has 3 aliphatic carbocycles. The average Bonchev–Trinajstić information content (AvgIpc) is 2.91. The standard InChI is InChI=1S/C17H28O4/c18-14-5-1-3-7-16(14)20-12-9-10-13(11-12)21-17-8-4-2-6-15(17)19/h9-10,12-19H,1-8,11H2. The van der Waals surface area contributed by atoms with E-state index in [0.717, 1.165) is 57.8 Å². The summed E-state index contributed by atoms with van der Waals surface area (Å²) in [6.07, 6.45) is 12.5. The molecular weight excluding hydrogens is 268 g/mol. The predicted molar refractivity (Wildman–Crippen MR) is 80.0 cm³/mol. The van der Waals surface area contributed by atoms with E-state index in [0.29, 0.717) is 0 Å². The minimum atomic E-state index is -0.313. The van der Waals surface area contributed by atoms with Gasteiger partial charge in [-0.25, -0.2) is 0 Å². The van der Waals surface area contributed by atoms with Crippen LogP contribution in [0.4, 0.5) is 0 Å². The molecule has 0 aromatic heterocycles. The van der Waals surface area contributed by atoms with E-state index >= 15 is 0 Å². The van der Waals surface area contributed by atoms with Crippen molar-refractivity contribution in [1.82, 2.24) is 0 Å². The van der Waals surface area contributed by atoms with Crippen molar-refractivity contribution in [3.05, 3.63) is 12.2 Å². The zero-order chi connectivity index (χ0) is 14.7. The van der Waals surface area contributed by atoms with Gasteiger partial charge in [-0.2, -0.15) is 0 Å². The Labute approximate surface area is 127 Å². The molecule has 4 heteroatoms. The minimum absolute atomic E-state index is 0.0209. The molecule has 21 heavy (non-hydrogen) atoms. The Balaban J connectivity index is 1.44. The van der Waals surface area contributed by atoms with Gasteiger partial charge in [-0.3, -0.25) is 0 Å². The average molecular weight is 296 g/mol. The van der Waals surface area contributed by atoms with E-state index < -0.39 is 0 Å². The quantitative estimate of drug-likeness (QED) is 0.782. The number of aliphatic hydroxyl groups is 2. The second-order valence-corrected chi connectivity index (χ2v) is 6.75.